The molecule has 0 bridgehead atoms. The quantitative estimate of drug-likeness (QED) is 0.896. The van der Waals surface area contributed by atoms with E-state index in [1.807, 2.05) is 0 Å². The number of benzene rings is 1. The van der Waals surface area contributed by atoms with E-state index in [4.69, 9.17) is 5.26 Å². The Balaban J connectivity index is 1.75. The predicted octanol–water partition coefficient (Wildman–Crippen LogP) is 2.76. The molecule has 106 valence electrons. The summed E-state index contributed by atoms with van der Waals surface area (Å²) < 4.78 is 0. The molecule has 0 atom stereocenters. The molecule has 0 aromatic heterocycles. The minimum Gasteiger partial charge on any atom is -0.326 e. The van der Waals surface area contributed by atoms with Gasteiger partial charge in [0.25, 0.3) is 0 Å². The van der Waals surface area contributed by atoms with Gasteiger partial charge in [-0.05, 0) is 44.2 Å². The van der Waals surface area contributed by atoms with Crippen molar-refractivity contribution in [3.8, 4) is 6.07 Å². The van der Waals surface area contributed by atoms with Gasteiger partial charge in [-0.2, -0.15) is 5.26 Å². The first kappa shape index (κ1) is 14.5. The van der Waals surface area contributed by atoms with E-state index in [9.17, 15) is 4.79 Å². The Hall–Kier alpha value is -1.86. The second-order valence-corrected chi connectivity index (χ2v) is 5.41. The summed E-state index contributed by atoms with van der Waals surface area (Å²) in [6.45, 7) is 0.798. The van der Waals surface area contributed by atoms with Crippen molar-refractivity contribution in [2.45, 2.75) is 38.1 Å². The predicted molar refractivity (Wildman–Crippen MR) is 79.3 cm³/mol. The Bertz CT molecular complexity index is 483. The molecule has 1 amide bonds. The van der Waals surface area contributed by atoms with Crippen molar-refractivity contribution in [2.75, 3.05) is 18.9 Å². The number of hydrogen-bond acceptors (Lipinski definition) is 3. The summed E-state index contributed by atoms with van der Waals surface area (Å²) in [6, 6.07) is 9.65. The highest BCUT2D eigenvalue weighted by molar-refractivity contribution is 5.90. The molecule has 0 saturated heterocycles. The lowest BCUT2D eigenvalue weighted by atomic mass is 10.2. The average Bonchev–Trinajstić information content (AvgIpc) is 3.00. The standard InChI is InChI=1S/C16H21N3O/c1-19(15-4-2-3-5-15)11-10-16(20)18-14-8-6-13(12-17)7-9-14/h6-9,15H,2-5,10-11H2,1H3,(H,18,20). The molecule has 1 N–H and O–H groups in total. The third-order valence-electron chi connectivity index (χ3n) is 3.94. The fourth-order valence-electron chi connectivity index (χ4n) is 2.66. The zero-order valence-electron chi connectivity index (χ0n) is 11.9. The zero-order chi connectivity index (χ0) is 14.4. The highest BCUT2D eigenvalue weighted by Gasteiger charge is 2.19. The molecular weight excluding hydrogens is 250 g/mol. The smallest absolute Gasteiger partial charge is 0.225 e. The molecule has 1 aromatic rings. The van der Waals surface area contributed by atoms with Crippen LogP contribution in [0.5, 0.6) is 0 Å². The normalized spacial score (nSPS) is 15.2. The Morgan fingerprint density at radius 2 is 2.00 bits per heavy atom. The molecule has 0 spiro atoms. The minimum atomic E-state index is 0.0274. The van der Waals surface area contributed by atoms with E-state index in [-0.39, 0.29) is 5.91 Å². The number of rotatable bonds is 5. The number of amides is 1. The number of hydrogen-bond donors (Lipinski definition) is 1. The average molecular weight is 271 g/mol. The van der Waals surface area contributed by atoms with Gasteiger partial charge in [-0.15, -0.1) is 0 Å². The fourth-order valence-corrected chi connectivity index (χ4v) is 2.66. The van der Waals surface area contributed by atoms with Crippen LogP contribution in [0.15, 0.2) is 24.3 Å². The van der Waals surface area contributed by atoms with Crippen molar-refractivity contribution in [3.63, 3.8) is 0 Å². The van der Waals surface area contributed by atoms with E-state index >= 15 is 0 Å². The van der Waals surface area contributed by atoms with E-state index in [0.717, 1.165) is 12.2 Å². The summed E-state index contributed by atoms with van der Waals surface area (Å²) in [4.78, 5) is 14.2. The van der Waals surface area contributed by atoms with Crippen LogP contribution in [-0.2, 0) is 4.79 Å². The maximum atomic E-state index is 11.9. The molecule has 2 rings (SSSR count). The van der Waals surface area contributed by atoms with Gasteiger partial charge in [-0.1, -0.05) is 12.8 Å². The first-order chi connectivity index (χ1) is 9.69. The molecule has 1 aliphatic carbocycles. The topological polar surface area (TPSA) is 56.1 Å². The first-order valence-corrected chi connectivity index (χ1v) is 7.19. The Kier molecular flexibility index (Phi) is 5.14. The molecule has 4 heteroatoms. The number of nitrogens with zero attached hydrogens (tertiary/aromatic N) is 2. The van der Waals surface area contributed by atoms with Gasteiger partial charge in [-0.25, -0.2) is 0 Å². The first-order valence-electron chi connectivity index (χ1n) is 7.19. The minimum absolute atomic E-state index is 0.0274. The van der Waals surface area contributed by atoms with Gasteiger partial charge in [0, 0.05) is 24.7 Å². The highest BCUT2D eigenvalue weighted by atomic mass is 16.1. The number of anilines is 1. The van der Waals surface area contributed by atoms with Crippen molar-refractivity contribution >= 4 is 11.6 Å². The van der Waals surface area contributed by atoms with E-state index in [1.165, 1.54) is 25.7 Å². The molecule has 0 heterocycles. The van der Waals surface area contributed by atoms with Crippen LogP contribution < -0.4 is 5.32 Å². The van der Waals surface area contributed by atoms with Crippen molar-refractivity contribution in [2.24, 2.45) is 0 Å². The van der Waals surface area contributed by atoms with Gasteiger partial charge in [-0.3, -0.25) is 4.79 Å². The van der Waals surface area contributed by atoms with E-state index < -0.39 is 0 Å². The molecule has 1 saturated carbocycles. The van der Waals surface area contributed by atoms with Crippen molar-refractivity contribution in [3.05, 3.63) is 29.8 Å². The summed E-state index contributed by atoms with van der Waals surface area (Å²) in [6.07, 6.45) is 5.65. The van der Waals surface area contributed by atoms with Gasteiger partial charge < -0.3 is 10.2 Å². The van der Waals surface area contributed by atoms with Gasteiger partial charge in [0.1, 0.15) is 0 Å². The van der Waals surface area contributed by atoms with Crippen molar-refractivity contribution < 1.29 is 4.79 Å². The van der Waals surface area contributed by atoms with E-state index in [0.29, 0.717) is 18.0 Å². The van der Waals surface area contributed by atoms with Crippen LogP contribution in [0.2, 0.25) is 0 Å². The monoisotopic (exact) mass is 271 g/mol. The maximum absolute atomic E-state index is 11.9. The largest absolute Gasteiger partial charge is 0.326 e. The fraction of sp³-hybridized carbons (Fsp3) is 0.500. The molecule has 20 heavy (non-hydrogen) atoms. The third-order valence-corrected chi connectivity index (χ3v) is 3.94. The summed E-state index contributed by atoms with van der Waals surface area (Å²) in [5.41, 5.74) is 1.35. The summed E-state index contributed by atoms with van der Waals surface area (Å²) in [5, 5.41) is 11.6. The molecular formula is C16H21N3O. The van der Waals surface area contributed by atoms with Crippen LogP contribution in [0.3, 0.4) is 0 Å². The van der Waals surface area contributed by atoms with Gasteiger partial charge in [0.2, 0.25) is 5.91 Å². The Morgan fingerprint density at radius 1 is 1.35 bits per heavy atom. The van der Waals surface area contributed by atoms with Crippen LogP contribution in [0.1, 0.15) is 37.7 Å². The zero-order valence-corrected chi connectivity index (χ0v) is 11.9. The molecule has 1 aliphatic rings. The lowest BCUT2D eigenvalue weighted by molar-refractivity contribution is -0.116. The summed E-state index contributed by atoms with van der Waals surface area (Å²) >= 11 is 0. The van der Waals surface area contributed by atoms with Gasteiger partial charge in [0.05, 0.1) is 11.6 Å². The van der Waals surface area contributed by atoms with Crippen LogP contribution in [0, 0.1) is 11.3 Å². The van der Waals surface area contributed by atoms with Crippen LogP contribution >= 0.6 is 0 Å². The van der Waals surface area contributed by atoms with Gasteiger partial charge >= 0.3 is 0 Å². The summed E-state index contributed by atoms with van der Waals surface area (Å²) in [5.74, 6) is 0.0274. The number of nitrogens with one attached hydrogen (secondary N) is 1. The SMILES string of the molecule is CN(CCC(=O)Nc1ccc(C#N)cc1)C1CCCC1. The maximum Gasteiger partial charge on any atom is 0.225 e. The van der Waals surface area contributed by atoms with E-state index in [1.54, 1.807) is 24.3 Å². The van der Waals surface area contributed by atoms with Crippen LogP contribution in [0.4, 0.5) is 5.69 Å². The van der Waals surface area contributed by atoms with E-state index in [2.05, 4.69) is 23.3 Å². The molecule has 0 aliphatic heterocycles. The van der Waals surface area contributed by atoms with Crippen LogP contribution in [-0.4, -0.2) is 30.4 Å². The molecule has 0 radical (unpaired) electrons. The Morgan fingerprint density at radius 3 is 2.60 bits per heavy atom. The third kappa shape index (κ3) is 4.07. The number of carbonyl (C=O) groups excluding carboxylic acids is 1. The lowest BCUT2D eigenvalue weighted by Crippen LogP contribution is -2.32. The van der Waals surface area contributed by atoms with Crippen LogP contribution in [0.25, 0.3) is 0 Å². The summed E-state index contributed by atoms with van der Waals surface area (Å²) in [7, 11) is 2.10. The highest BCUT2D eigenvalue weighted by Crippen LogP contribution is 2.22. The van der Waals surface area contributed by atoms with Crippen molar-refractivity contribution in [1.29, 1.82) is 5.26 Å². The van der Waals surface area contributed by atoms with Crippen molar-refractivity contribution in [1.82, 2.24) is 4.90 Å². The van der Waals surface area contributed by atoms with Gasteiger partial charge in [0.15, 0.2) is 0 Å². The molecule has 1 fully saturated rings. The second-order valence-electron chi connectivity index (χ2n) is 5.41. The molecule has 0 unspecified atom stereocenters. The Labute approximate surface area is 120 Å². The molecule has 4 nitrogen and oxygen atoms in total. The number of carbonyl (C=O) groups is 1. The molecule has 1 aromatic carbocycles. The number of nitriles is 1. The second kappa shape index (κ2) is 7.06. The lowest BCUT2D eigenvalue weighted by Gasteiger charge is -2.23.